The molecule has 0 bridgehead atoms. The van der Waals surface area contributed by atoms with Gasteiger partial charge in [0.15, 0.2) is 0 Å². The standard InChI is InChI=1S/C21H17NSSi/c1-24(2)19-9-4-3-6-16(19)17-11-10-14(12-20(17)24)15-7-5-8-18-21(15)22-13-23-18/h3-13H,1-2H3. The van der Waals surface area contributed by atoms with Crippen LogP contribution in [0.15, 0.2) is 66.2 Å². The van der Waals surface area contributed by atoms with Crippen molar-refractivity contribution in [3.05, 3.63) is 66.2 Å². The molecule has 0 N–H and O–H groups in total. The molecule has 116 valence electrons. The van der Waals surface area contributed by atoms with Crippen molar-refractivity contribution in [1.82, 2.24) is 4.98 Å². The van der Waals surface area contributed by atoms with Crippen LogP contribution in [0.1, 0.15) is 0 Å². The number of nitrogens with zero attached hydrogens (tertiary/aromatic N) is 1. The second-order valence-corrected chi connectivity index (χ2v) is 12.1. The number of hydrogen-bond donors (Lipinski definition) is 0. The SMILES string of the molecule is C[Si]1(C)c2ccccc2-c2ccc(-c3cccc4scnc34)cc21. The molecule has 1 aliphatic heterocycles. The van der Waals surface area contributed by atoms with Gasteiger partial charge in [-0.15, -0.1) is 11.3 Å². The Bertz CT molecular complexity index is 1090. The van der Waals surface area contributed by atoms with E-state index in [1.54, 1.807) is 21.7 Å². The molecule has 3 heteroatoms. The van der Waals surface area contributed by atoms with E-state index in [0.717, 1.165) is 5.52 Å². The highest BCUT2D eigenvalue weighted by molar-refractivity contribution is 7.16. The summed E-state index contributed by atoms with van der Waals surface area (Å²) in [5.74, 6) is 0. The van der Waals surface area contributed by atoms with Crippen molar-refractivity contribution in [3.8, 4) is 22.3 Å². The van der Waals surface area contributed by atoms with Crippen LogP contribution in [0.25, 0.3) is 32.5 Å². The smallest absolute Gasteiger partial charge is 0.113 e. The van der Waals surface area contributed by atoms with Gasteiger partial charge in [-0.05, 0) is 33.1 Å². The first-order chi connectivity index (χ1) is 11.7. The van der Waals surface area contributed by atoms with Crippen molar-refractivity contribution in [1.29, 1.82) is 0 Å². The molecule has 24 heavy (non-hydrogen) atoms. The fourth-order valence-electron chi connectivity index (χ4n) is 3.99. The molecule has 2 heterocycles. The van der Waals surface area contributed by atoms with E-state index in [-0.39, 0.29) is 0 Å². The van der Waals surface area contributed by atoms with Crippen LogP contribution in [-0.4, -0.2) is 13.1 Å². The number of thiazole rings is 1. The molecule has 0 radical (unpaired) electrons. The van der Waals surface area contributed by atoms with E-state index < -0.39 is 8.07 Å². The average molecular weight is 344 g/mol. The molecule has 0 unspecified atom stereocenters. The Kier molecular flexibility index (Phi) is 2.88. The van der Waals surface area contributed by atoms with Crippen LogP contribution in [0.5, 0.6) is 0 Å². The van der Waals surface area contributed by atoms with Gasteiger partial charge < -0.3 is 0 Å². The summed E-state index contributed by atoms with van der Waals surface area (Å²) in [4.78, 5) is 4.59. The summed E-state index contributed by atoms with van der Waals surface area (Å²) in [7, 11) is -1.61. The van der Waals surface area contributed by atoms with Crippen molar-refractivity contribution >= 4 is 40.0 Å². The first kappa shape index (κ1) is 14.1. The van der Waals surface area contributed by atoms with Gasteiger partial charge >= 0.3 is 0 Å². The van der Waals surface area contributed by atoms with Gasteiger partial charge in [0, 0.05) is 5.56 Å². The number of hydrogen-bond acceptors (Lipinski definition) is 2. The van der Waals surface area contributed by atoms with E-state index in [9.17, 15) is 0 Å². The summed E-state index contributed by atoms with van der Waals surface area (Å²) >= 11 is 1.71. The lowest BCUT2D eigenvalue weighted by Crippen LogP contribution is -2.49. The fraction of sp³-hybridized carbons (Fsp3) is 0.0952. The Morgan fingerprint density at radius 1 is 0.792 bits per heavy atom. The normalized spacial score (nSPS) is 14.6. The van der Waals surface area contributed by atoms with E-state index in [1.165, 1.54) is 27.0 Å². The number of benzene rings is 3. The molecule has 0 saturated heterocycles. The van der Waals surface area contributed by atoms with E-state index >= 15 is 0 Å². The second-order valence-electron chi connectivity index (χ2n) is 6.94. The zero-order chi connectivity index (χ0) is 16.3. The van der Waals surface area contributed by atoms with E-state index in [1.807, 2.05) is 5.51 Å². The van der Waals surface area contributed by atoms with Gasteiger partial charge in [0.25, 0.3) is 0 Å². The van der Waals surface area contributed by atoms with Crippen molar-refractivity contribution in [3.63, 3.8) is 0 Å². The van der Waals surface area contributed by atoms with Crippen LogP contribution in [0.3, 0.4) is 0 Å². The van der Waals surface area contributed by atoms with Gasteiger partial charge in [-0.2, -0.15) is 0 Å². The number of fused-ring (bicyclic) bond motifs is 4. The van der Waals surface area contributed by atoms with Gasteiger partial charge in [0.2, 0.25) is 0 Å². The Morgan fingerprint density at radius 3 is 2.50 bits per heavy atom. The lowest BCUT2D eigenvalue weighted by atomic mass is 10.00. The third-order valence-corrected chi connectivity index (χ3v) is 9.59. The first-order valence-corrected chi connectivity index (χ1v) is 12.1. The van der Waals surface area contributed by atoms with Gasteiger partial charge in [-0.3, -0.25) is 0 Å². The second kappa shape index (κ2) is 4.88. The molecule has 0 amide bonds. The Balaban J connectivity index is 1.76. The van der Waals surface area contributed by atoms with Crippen molar-refractivity contribution in [2.24, 2.45) is 0 Å². The van der Waals surface area contributed by atoms with Gasteiger partial charge in [0.05, 0.1) is 15.7 Å². The minimum atomic E-state index is -1.61. The fourth-order valence-corrected chi connectivity index (χ4v) is 7.80. The highest BCUT2D eigenvalue weighted by Gasteiger charge is 2.37. The molecule has 3 aromatic carbocycles. The summed E-state index contributed by atoms with van der Waals surface area (Å²) in [6, 6.07) is 22.4. The molecule has 1 nitrogen and oxygen atoms in total. The molecule has 0 fully saturated rings. The lowest BCUT2D eigenvalue weighted by molar-refractivity contribution is 1.49. The number of rotatable bonds is 1. The largest absolute Gasteiger partial charge is 0.244 e. The molecule has 4 aromatic rings. The molecule has 0 saturated carbocycles. The Hall–Kier alpha value is -2.23. The zero-order valence-corrected chi connectivity index (χ0v) is 15.5. The van der Waals surface area contributed by atoms with Crippen LogP contribution >= 0.6 is 11.3 Å². The Morgan fingerprint density at radius 2 is 1.58 bits per heavy atom. The molecule has 5 rings (SSSR count). The summed E-state index contributed by atoms with van der Waals surface area (Å²) in [5.41, 5.74) is 8.46. The average Bonchev–Trinajstić information content (AvgIpc) is 3.17. The van der Waals surface area contributed by atoms with E-state index in [2.05, 4.69) is 78.7 Å². The topological polar surface area (TPSA) is 12.9 Å². The van der Waals surface area contributed by atoms with E-state index in [4.69, 9.17) is 0 Å². The highest BCUT2D eigenvalue weighted by atomic mass is 32.1. The molecule has 0 spiro atoms. The zero-order valence-electron chi connectivity index (χ0n) is 13.7. The van der Waals surface area contributed by atoms with Gasteiger partial charge in [0.1, 0.15) is 8.07 Å². The van der Waals surface area contributed by atoms with Crippen LogP contribution < -0.4 is 10.4 Å². The van der Waals surface area contributed by atoms with Crippen LogP contribution in [-0.2, 0) is 0 Å². The predicted molar refractivity (Wildman–Crippen MR) is 107 cm³/mol. The maximum atomic E-state index is 4.59. The maximum Gasteiger partial charge on any atom is 0.113 e. The van der Waals surface area contributed by atoms with Gasteiger partial charge in [-0.25, -0.2) is 4.98 Å². The summed E-state index contributed by atoms with van der Waals surface area (Å²) in [6.45, 7) is 4.93. The van der Waals surface area contributed by atoms with Gasteiger partial charge in [-0.1, -0.05) is 67.7 Å². The molecular weight excluding hydrogens is 326 g/mol. The van der Waals surface area contributed by atoms with E-state index in [0.29, 0.717) is 0 Å². The van der Waals surface area contributed by atoms with Crippen molar-refractivity contribution < 1.29 is 0 Å². The monoisotopic (exact) mass is 343 g/mol. The molecular formula is C21H17NSSi. The van der Waals surface area contributed by atoms with Crippen LogP contribution in [0.2, 0.25) is 13.1 Å². The third-order valence-electron chi connectivity index (χ3n) is 5.25. The third kappa shape index (κ3) is 1.82. The summed E-state index contributed by atoms with van der Waals surface area (Å²) in [6.07, 6.45) is 0. The quantitative estimate of drug-likeness (QED) is 0.454. The summed E-state index contributed by atoms with van der Waals surface area (Å²) < 4.78 is 1.26. The molecule has 1 aliphatic rings. The minimum Gasteiger partial charge on any atom is -0.244 e. The lowest BCUT2D eigenvalue weighted by Gasteiger charge is -2.19. The molecule has 0 atom stereocenters. The summed E-state index contributed by atoms with van der Waals surface area (Å²) in [5, 5.41) is 3.11. The number of para-hydroxylation sites is 1. The van der Waals surface area contributed by atoms with Crippen molar-refractivity contribution in [2.45, 2.75) is 13.1 Å². The van der Waals surface area contributed by atoms with Crippen LogP contribution in [0.4, 0.5) is 0 Å². The molecule has 0 aliphatic carbocycles. The van der Waals surface area contributed by atoms with Crippen molar-refractivity contribution in [2.75, 3.05) is 0 Å². The minimum absolute atomic E-state index is 1.12. The molecule has 1 aromatic heterocycles. The Labute approximate surface area is 146 Å². The first-order valence-electron chi connectivity index (χ1n) is 8.23. The highest BCUT2D eigenvalue weighted by Crippen LogP contribution is 2.33. The number of aromatic nitrogens is 1. The maximum absolute atomic E-state index is 4.59. The predicted octanol–water partition coefficient (Wildman–Crippen LogP) is 4.77. The van der Waals surface area contributed by atoms with Crippen LogP contribution in [0, 0.1) is 0 Å².